The predicted octanol–water partition coefficient (Wildman–Crippen LogP) is 1.87. The second kappa shape index (κ2) is 4.89. The van der Waals surface area contributed by atoms with Crippen LogP contribution >= 0.6 is 0 Å². The fraction of sp³-hybridized carbons (Fsp3) is 0.500. The molecule has 1 aromatic carbocycles. The third-order valence-electron chi connectivity index (χ3n) is 2.50. The highest BCUT2D eigenvalue weighted by atomic mass is 28.3. The minimum atomic E-state index is -2.30. The maximum Gasteiger partial charge on any atom is 0.262 e. The molecule has 1 atom stereocenters. The average molecular weight is 239 g/mol. The van der Waals surface area contributed by atoms with Gasteiger partial charge in [0.1, 0.15) is 0 Å². The summed E-state index contributed by atoms with van der Waals surface area (Å²) in [7, 11) is 0.855. The van der Waals surface area contributed by atoms with Gasteiger partial charge in [-0.05, 0) is 11.1 Å². The van der Waals surface area contributed by atoms with E-state index in [0.717, 1.165) is 5.19 Å². The molecule has 0 spiro atoms. The molecular weight excluding hydrogens is 220 g/mol. The van der Waals surface area contributed by atoms with Gasteiger partial charge in [0.25, 0.3) is 9.04 Å². The van der Waals surface area contributed by atoms with Crippen LogP contribution in [0.3, 0.4) is 0 Å². The van der Waals surface area contributed by atoms with Crippen molar-refractivity contribution in [3.63, 3.8) is 0 Å². The van der Waals surface area contributed by atoms with E-state index in [1.807, 2.05) is 39.0 Å². The van der Waals surface area contributed by atoms with Crippen molar-refractivity contribution in [3.8, 4) is 11.5 Å². The average Bonchev–Trinajstić information content (AvgIpc) is 2.25. The first-order valence-corrected chi connectivity index (χ1v) is 6.91. The Hall–Kier alpha value is -1.00. The monoisotopic (exact) mass is 239 g/mol. The second-order valence-corrected chi connectivity index (χ2v) is 7.94. The molecule has 0 bridgehead atoms. The lowest BCUT2D eigenvalue weighted by Gasteiger charge is -2.24. The van der Waals surface area contributed by atoms with E-state index >= 15 is 0 Å². The molecule has 0 saturated carbocycles. The summed E-state index contributed by atoms with van der Waals surface area (Å²) in [6.07, 6.45) is 0. The molecule has 16 heavy (non-hydrogen) atoms. The fourth-order valence-electron chi connectivity index (χ4n) is 1.58. The van der Waals surface area contributed by atoms with Crippen molar-refractivity contribution in [2.75, 3.05) is 14.2 Å². The van der Waals surface area contributed by atoms with Crippen LogP contribution in [0.15, 0.2) is 18.2 Å². The van der Waals surface area contributed by atoms with Crippen molar-refractivity contribution >= 4 is 14.2 Å². The van der Waals surface area contributed by atoms with Crippen LogP contribution in [0.25, 0.3) is 0 Å². The van der Waals surface area contributed by atoms with Crippen LogP contribution in [0.5, 0.6) is 11.5 Å². The highest BCUT2D eigenvalue weighted by Crippen LogP contribution is 2.31. The van der Waals surface area contributed by atoms with Crippen molar-refractivity contribution in [2.45, 2.75) is 25.8 Å². The van der Waals surface area contributed by atoms with Crippen LogP contribution in [0.1, 0.15) is 20.8 Å². The topological polar surface area (TPSA) is 38.4 Å². The predicted molar refractivity (Wildman–Crippen MR) is 66.7 cm³/mol. The largest absolute Gasteiger partial charge is 0.493 e. The molecule has 0 aliphatic carbocycles. The molecule has 0 amide bonds. The zero-order chi connectivity index (χ0) is 12.3. The van der Waals surface area contributed by atoms with Gasteiger partial charge >= 0.3 is 0 Å². The van der Waals surface area contributed by atoms with Crippen LogP contribution in [-0.2, 0) is 4.80 Å². The molecule has 1 unspecified atom stereocenters. The van der Waals surface area contributed by atoms with E-state index < -0.39 is 9.04 Å². The van der Waals surface area contributed by atoms with E-state index in [0.29, 0.717) is 11.5 Å². The summed E-state index contributed by atoms with van der Waals surface area (Å²) in [5.41, 5.74) is 0. The Morgan fingerprint density at radius 2 is 1.75 bits per heavy atom. The molecule has 1 rings (SSSR count). The Kier molecular flexibility index (Phi) is 3.99. The fourth-order valence-corrected chi connectivity index (χ4v) is 3.30. The van der Waals surface area contributed by atoms with Crippen LogP contribution in [-0.4, -0.2) is 23.3 Å². The second-order valence-electron chi connectivity index (χ2n) is 4.83. The maximum absolute atomic E-state index is 12.4. The molecule has 0 aromatic heterocycles. The van der Waals surface area contributed by atoms with Crippen molar-refractivity contribution in [1.29, 1.82) is 0 Å². The Morgan fingerprint density at radius 3 is 2.19 bits per heavy atom. The van der Waals surface area contributed by atoms with Gasteiger partial charge < -0.3 is 9.47 Å². The summed E-state index contributed by atoms with van der Waals surface area (Å²) in [6, 6.07) is 5.52. The quantitative estimate of drug-likeness (QED) is 0.755. The van der Waals surface area contributed by atoms with Crippen molar-refractivity contribution in [3.05, 3.63) is 18.2 Å². The van der Waals surface area contributed by atoms with Gasteiger partial charge in [-0.1, -0.05) is 32.9 Å². The lowest BCUT2D eigenvalue weighted by Crippen LogP contribution is -2.38. The molecule has 0 heterocycles. The normalized spacial score (nSPS) is 13.4. The van der Waals surface area contributed by atoms with Crippen LogP contribution < -0.4 is 14.7 Å². The lowest BCUT2D eigenvalue weighted by molar-refractivity contribution is 0.354. The van der Waals surface area contributed by atoms with E-state index in [9.17, 15) is 4.80 Å². The SMILES string of the molecule is COc1cccc([SiH]([O])C(C)(C)C)c1OC. The molecule has 1 radical (unpaired) electrons. The molecule has 0 N–H and O–H groups in total. The van der Waals surface area contributed by atoms with E-state index in [2.05, 4.69) is 0 Å². The number of benzene rings is 1. The minimum Gasteiger partial charge on any atom is -0.493 e. The number of ether oxygens (including phenoxy) is 2. The Labute approximate surface area is 98.7 Å². The molecule has 0 saturated heterocycles. The van der Waals surface area contributed by atoms with Gasteiger partial charge in [0.15, 0.2) is 11.5 Å². The number of rotatable bonds is 3. The number of methoxy groups -OCH3 is 2. The number of hydrogen-bond donors (Lipinski definition) is 0. The first-order chi connectivity index (χ1) is 7.41. The molecule has 0 aliphatic heterocycles. The first kappa shape index (κ1) is 13.1. The van der Waals surface area contributed by atoms with E-state index in [4.69, 9.17) is 9.47 Å². The maximum atomic E-state index is 12.4. The highest BCUT2D eigenvalue weighted by molar-refractivity contribution is 6.69. The zero-order valence-corrected chi connectivity index (χ0v) is 11.7. The van der Waals surface area contributed by atoms with E-state index in [1.165, 1.54) is 0 Å². The van der Waals surface area contributed by atoms with Crippen molar-refractivity contribution in [2.24, 2.45) is 0 Å². The van der Waals surface area contributed by atoms with Gasteiger partial charge in [-0.15, -0.1) is 0 Å². The molecule has 4 heteroatoms. The summed E-state index contributed by atoms with van der Waals surface area (Å²) in [4.78, 5) is 12.4. The van der Waals surface area contributed by atoms with Gasteiger partial charge in [-0.3, -0.25) is 4.80 Å². The Balaban J connectivity index is 3.23. The summed E-state index contributed by atoms with van der Waals surface area (Å²) in [5.74, 6) is 1.24. The minimum absolute atomic E-state index is 0.209. The molecule has 0 fully saturated rings. The summed E-state index contributed by atoms with van der Waals surface area (Å²) in [5, 5.41) is 0.578. The van der Waals surface area contributed by atoms with Crippen molar-refractivity contribution in [1.82, 2.24) is 0 Å². The molecule has 0 aliphatic rings. The van der Waals surface area contributed by atoms with Crippen LogP contribution in [0.4, 0.5) is 0 Å². The summed E-state index contributed by atoms with van der Waals surface area (Å²) in [6.45, 7) is 5.95. The van der Waals surface area contributed by atoms with Crippen molar-refractivity contribution < 1.29 is 14.3 Å². The van der Waals surface area contributed by atoms with Gasteiger partial charge in [0.2, 0.25) is 0 Å². The molecular formula is C12H19O3Si. The summed E-state index contributed by atoms with van der Waals surface area (Å²) < 4.78 is 10.5. The van der Waals surface area contributed by atoms with E-state index in [1.54, 1.807) is 14.2 Å². The summed E-state index contributed by atoms with van der Waals surface area (Å²) >= 11 is 0. The molecule has 3 nitrogen and oxygen atoms in total. The highest BCUT2D eigenvalue weighted by Gasteiger charge is 2.32. The standard InChI is InChI=1S/C12H19O3Si/c1-12(2,3)16(13)10-8-6-7-9(14-4)11(10)15-5/h6-8,16H,1-5H3. The number of hydrogen-bond acceptors (Lipinski definition) is 2. The zero-order valence-electron chi connectivity index (χ0n) is 10.5. The third-order valence-corrected chi connectivity index (χ3v) is 5.10. The van der Waals surface area contributed by atoms with Gasteiger partial charge in [-0.2, -0.15) is 0 Å². The van der Waals surface area contributed by atoms with Crippen LogP contribution in [0.2, 0.25) is 5.04 Å². The first-order valence-electron chi connectivity index (χ1n) is 5.28. The Morgan fingerprint density at radius 1 is 1.12 bits per heavy atom. The molecule has 89 valence electrons. The Bertz CT molecular complexity index is 358. The third kappa shape index (κ3) is 2.57. The van der Waals surface area contributed by atoms with Crippen LogP contribution in [0, 0.1) is 0 Å². The van der Waals surface area contributed by atoms with Gasteiger partial charge in [-0.25, -0.2) is 0 Å². The lowest BCUT2D eigenvalue weighted by atomic mass is 10.2. The molecule has 1 aromatic rings. The van der Waals surface area contributed by atoms with Gasteiger partial charge in [0.05, 0.1) is 14.2 Å². The smallest absolute Gasteiger partial charge is 0.262 e. The van der Waals surface area contributed by atoms with Gasteiger partial charge in [0, 0.05) is 5.19 Å². The number of para-hydroxylation sites is 1. The van der Waals surface area contributed by atoms with E-state index in [-0.39, 0.29) is 5.04 Å².